The summed E-state index contributed by atoms with van der Waals surface area (Å²) in [5, 5.41) is 0. The Bertz CT molecular complexity index is 1740. The first-order valence-electron chi connectivity index (χ1n) is 12.9. The molecule has 4 aromatic rings. The Morgan fingerprint density at radius 2 is 1.76 bits per heavy atom. The Morgan fingerprint density at radius 3 is 2.50 bits per heavy atom. The zero-order chi connectivity index (χ0) is 26.4. The maximum Gasteiger partial charge on any atom is 0.271 e. The molecule has 0 saturated heterocycles. The van der Waals surface area contributed by atoms with Crippen LogP contribution in [0, 0.1) is 0 Å². The quantitative estimate of drug-likeness (QED) is 0.350. The van der Waals surface area contributed by atoms with E-state index in [1.54, 1.807) is 14.2 Å². The van der Waals surface area contributed by atoms with Crippen molar-refractivity contribution in [3.05, 3.63) is 120 Å². The average Bonchev–Trinajstić information content (AvgIpc) is 3.25. The number of ether oxygens (including phenoxy) is 2. The van der Waals surface area contributed by atoms with Crippen LogP contribution in [0.15, 0.2) is 82.1 Å². The van der Waals surface area contributed by atoms with Crippen molar-refractivity contribution in [1.82, 2.24) is 4.57 Å². The average molecular weight is 523 g/mol. The van der Waals surface area contributed by atoms with Crippen LogP contribution in [0.2, 0.25) is 0 Å². The standard InChI is InChI=1S/C32H30N2O3S/c1-19(2)21-14-12-20(13-15-21)18-27-31(35)34-29(25-10-7-11-26(36-3)30(25)37-4)24-17-16-22-8-5-6-9-23(22)28(24)33-32(34)38-27/h5-15,18-19,29H,16-17H2,1-4H3. The van der Waals surface area contributed by atoms with E-state index < -0.39 is 0 Å². The summed E-state index contributed by atoms with van der Waals surface area (Å²) in [6.45, 7) is 4.36. The largest absolute Gasteiger partial charge is 0.493 e. The first kappa shape index (κ1) is 24.4. The van der Waals surface area contributed by atoms with Gasteiger partial charge in [0.05, 0.1) is 30.5 Å². The Balaban J connectivity index is 1.61. The van der Waals surface area contributed by atoms with Gasteiger partial charge in [-0.2, -0.15) is 0 Å². The highest BCUT2D eigenvalue weighted by molar-refractivity contribution is 7.07. The summed E-state index contributed by atoms with van der Waals surface area (Å²) in [5.74, 6) is 1.75. The second-order valence-corrected chi connectivity index (χ2v) is 11.0. The highest BCUT2D eigenvalue weighted by Gasteiger charge is 2.34. The van der Waals surface area contributed by atoms with Gasteiger partial charge >= 0.3 is 0 Å². The van der Waals surface area contributed by atoms with E-state index >= 15 is 0 Å². The van der Waals surface area contributed by atoms with E-state index in [-0.39, 0.29) is 11.6 Å². The number of thiazole rings is 1. The molecule has 0 N–H and O–H groups in total. The molecule has 0 bridgehead atoms. The number of hydrogen-bond acceptors (Lipinski definition) is 5. The second-order valence-electron chi connectivity index (χ2n) is 10.0. The summed E-state index contributed by atoms with van der Waals surface area (Å²) in [6, 6.07) is 22.4. The fraction of sp³-hybridized carbons (Fsp3) is 0.250. The third-order valence-corrected chi connectivity index (χ3v) is 8.48. The van der Waals surface area contributed by atoms with Crippen LogP contribution in [0.5, 0.6) is 11.5 Å². The second kappa shape index (κ2) is 9.76. The van der Waals surface area contributed by atoms with Crippen LogP contribution >= 0.6 is 11.3 Å². The van der Waals surface area contributed by atoms with Crippen molar-refractivity contribution in [2.75, 3.05) is 14.2 Å². The van der Waals surface area contributed by atoms with Crippen molar-refractivity contribution in [3.8, 4) is 11.5 Å². The molecule has 2 aliphatic rings. The summed E-state index contributed by atoms with van der Waals surface area (Å²) < 4.78 is 14.0. The van der Waals surface area contributed by atoms with Gasteiger partial charge in [0.2, 0.25) is 0 Å². The molecule has 1 aliphatic heterocycles. The van der Waals surface area contributed by atoms with Crippen LogP contribution in [0.3, 0.4) is 0 Å². The van der Waals surface area contributed by atoms with Gasteiger partial charge in [0, 0.05) is 11.1 Å². The molecule has 38 heavy (non-hydrogen) atoms. The van der Waals surface area contributed by atoms with Crippen LogP contribution in [0.25, 0.3) is 11.8 Å². The number of fused-ring (bicyclic) bond motifs is 3. The Morgan fingerprint density at radius 1 is 0.974 bits per heavy atom. The first-order valence-corrected chi connectivity index (χ1v) is 13.8. The number of nitrogens with zero attached hydrogens (tertiary/aromatic N) is 2. The van der Waals surface area contributed by atoms with Crippen molar-refractivity contribution in [2.45, 2.75) is 38.6 Å². The van der Waals surface area contributed by atoms with Gasteiger partial charge in [-0.05, 0) is 53.2 Å². The monoisotopic (exact) mass is 522 g/mol. The number of hydrogen-bond donors (Lipinski definition) is 0. The van der Waals surface area contributed by atoms with E-state index in [1.807, 2.05) is 28.8 Å². The summed E-state index contributed by atoms with van der Waals surface area (Å²) >= 11 is 1.44. The molecule has 1 aliphatic carbocycles. The fourth-order valence-electron chi connectivity index (χ4n) is 5.55. The van der Waals surface area contributed by atoms with E-state index in [0.29, 0.717) is 26.8 Å². The topological polar surface area (TPSA) is 52.8 Å². The minimum Gasteiger partial charge on any atom is -0.493 e. The van der Waals surface area contributed by atoms with Gasteiger partial charge in [-0.25, -0.2) is 4.99 Å². The molecule has 1 unspecified atom stereocenters. The number of para-hydroxylation sites is 1. The van der Waals surface area contributed by atoms with E-state index in [9.17, 15) is 4.79 Å². The maximum atomic E-state index is 14.0. The predicted octanol–water partition coefficient (Wildman–Crippen LogP) is 5.46. The van der Waals surface area contributed by atoms with Gasteiger partial charge in [-0.15, -0.1) is 0 Å². The molecule has 0 saturated carbocycles. The van der Waals surface area contributed by atoms with Crippen molar-refractivity contribution < 1.29 is 9.47 Å². The molecular formula is C32H30N2O3S. The maximum absolute atomic E-state index is 14.0. The van der Waals surface area contributed by atoms with Crippen molar-refractivity contribution >= 4 is 23.1 Å². The highest BCUT2D eigenvalue weighted by Crippen LogP contribution is 2.45. The molecule has 192 valence electrons. The molecule has 1 aromatic heterocycles. The van der Waals surface area contributed by atoms with Crippen LogP contribution < -0.4 is 24.4 Å². The number of rotatable bonds is 5. The van der Waals surface area contributed by atoms with Gasteiger partial charge in [0.25, 0.3) is 5.56 Å². The number of aromatic nitrogens is 1. The van der Waals surface area contributed by atoms with Crippen LogP contribution in [-0.4, -0.2) is 18.8 Å². The van der Waals surface area contributed by atoms with Crippen molar-refractivity contribution in [3.63, 3.8) is 0 Å². The molecule has 5 nitrogen and oxygen atoms in total. The van der Waals surface area contributed by atoms with Crippen LogP contribution in [0.1, 0.15) is 60.0 Å². The number of aryl methyl sites for hydroxylation is 1. The van der Waals surface area contributed by atoms with E-state index in [4.69, 9.17) is 14.5 Å². The summed E-state index contributed by atoms with van der Waals surface area (Å²) in [6.07, 6.45) is 3.70. The molecule has 2 heterocycles. The van der Waals surface area contributed by atoms with E-state index in [0.717, 1.165) is 40.8 Å². The molecule has 0 radical (unpaired) electrons. The zero-order valence-corrected chi connectivity index (χ0v) is 22.8. The summed E-state index contributed by atoms with van der Waals surface area (Å²) in [4.78, 5) is 19.8. The predicted molar refractivity (Wildman–Crippen MR) is 153 cm³/mol. The SMILES string of the molecule is COc1cccc(C2C3=C(N=c4sc(=Cc5ccc(C(C)C)cc5)c(=O)n42)c2ccccc2CC3)c1OC. The zero-order valence-electron chi connectivity index (χ0n) is 22.0. The molecule has 1 atom stereocenters. The summed E-state index contributed by atoms with van der Waals surface area (Å²) in [7, 11) is 3.29. The van der Waals surface area contributed by atoms with Crippen LogP contribution in [-0.2, 0) is 6.42 Å². The van der Waals surface area contributed by atoms with Crippen molar-refractivity contribution in [2.24, 2.45) is 4.99 Å². The Hall–Kier alpha value is -3.90. The minimum atomic E-state index is -0.329. The van der Waals surface area contributed by atoms with Gasteiger partial charge in [0.15, 0.2) is 16.3 Å². The lowest BCUT2D eigenvalue weighted by atomic mass is 9.83. The normalized spacial score (nSPS) is 16.6. The third kappa shape index (κ3) is 4.00. The molecular weight excluding hydrogens is 492 g/mol. The molecule has 0 amide bonds. The number of allylic oxidation sites excluding steroid dienone is 1. The molecule has 6 heteroatoms. The van der Waals surface area contributed by atoms with Gasteiger partial charge in [-0.1, -0.05) is 85.8 Å². The third-order valence-electron chi connectivity index (χ3n) is 7.50. The smallest absolute Gasteiger partial charge is 0.271 e. The lowest BCUT2D eigenvalue weighted by molar-refractivity contribution is 0.348. The minimum absolute atomic E-state index is 0.0398. The number of benzene rings is 3. The lowest BCUT2D eigenvalue weighted by Gasteiger charge is -2.31. The first-order chi connectivity index (χ1) is 18.5. The Kier molecular flexibility index (Phi) is 6.28. The van der Waals surface area contributed by atoms with E-state index in [2.05, 4.69) is 62.4 Å². The highest BCUT2D eigenvalue weighted by atomic mass is 32.1. The number of methoxy groups -OCH3 is 2. The molecule has 0 fully saturated rings. The van der Waals surface area contributed by atoms with Crippen molar-refractivity contribution in [1.29, 1.82) is 0 Å². The van der Waals surface area contributed by atoms with Crippen LogP contribution in [0.4, 0.5) is 0 Å². The lowest BCUT2D eigenvalue weighted by Crippen LogP contribution is -2.39. The van der Waals surface area contributed by atoms with Gasteiger partial charge in [0.1, 0.15) is 0 Å². The Labute approximate surface area is 226 Å². The van der Waals surface area contributed by atoms with Gasteiger partial charge < -0.3 is 9.47 Å². The summed E-state index contributed by atoms with van der Waals surface area (Å²) in [5.41, 5.74) is 7.68. The molecule has 6 rings (SSSR count). The molecule has 0 spiro atoms. The van der Waals surface area contributed by atoms with E-state index in [1.165, 1.54) is 22.5 Å². The van der Waals surface area contributed by atoms with Gasteiger partial charge in [-0.3, -0.25) is 9.36 Å². The fourth-order valence-corrected chi connectivity index (χ4v) is 6.56. The molecule has 3 aromatic carbocycles.